The van der Waals surface area contributed by atoms with Crippen LogP contribution in [-0.2, 0) is 9.59 Å². The molecule has 0 aliphatic carbocycles. The van der Waals surface area contributed by atoms with Crippen LogP contribution in [0.3, 0.4) is 0 Å². The van der Waals surface area contributed by atoms with Gasteiger partial charge in [0.25, 0.3) is 0 Å². The molecule has 6 heteroatoms. The second kappa shape index (κ2) is 10.8. The fraction of sp³-hybridized carbons (Fsp3) is 0.250. The van der Waals surface area contributed by atoms with Gasteiger partial charge in [-0.3, -0.25) is 9.59 Å². The summed E-state index contributed by atoms with van der Waals surface area (Å²) in [5.74, 6) is -1.75. The molecule has 0 radical (unpaired) electrons. The lowest BCUT2D eigenvalue weighted by molar-refractivity contribution is -0.138. The lowest BCUT2D eigenvalue weighted by Crippen LogP contribution is -2.15. The van der Waals surface area contributed by atoms with E-state index in [-0.39, 0.29) is 29.3 Å². The molecule has 0 saturated heterocycles. The third kappa shape index (κ3) is 5.90. The van der Waals surface area contributed by atoms with Crippen LogP contribution in [0.5, 0.6) is 11.5 Å². The maximum atomic E-state index is 12.0. The van der Waals surface area contributed by atoms with Crippen molar-refractivity contribution >= 4 is 17.9 Å². The summed E-state index contributed by atoms with van der Waals surface area (Å²) in [4.78, 5) is 35.8. The highest BCUT2D eigenvalue weighted by Crippen LogP contribution is 2.35. The molecule has 0 amide bonds. The van der Waals surface area contributed by atoms with Crippen LogP contribution < -0.4 is 9.47 Å². The molecule has 0 aliphatic heterocycles. The Morgan fingerprint density at radius 2 is 1.06 bits per heavy atom. The molecule has 3 aromatic rings. The molecular formula is C28H28O6. The highest BCUT2D eigenvalue weighted by atomic mass is 16.5. The third-order valence-corrected chi connectivity index (χ3v) is 5.31. The van der Waals surface area contributed by atoms with E-state index >= 15 is 0 Å². The smallest absolute Gasteiger partial charge is 0.335 e. The summed E-state index contributed by atoms with van der Waals surface area (Å²) in [6, 6.07) is 20.9. The van der Waals surface area contributed by atoms with E-state index in [0.717, 1.165) is 11.1 Å². The van der Waals surface area contributed by atoms with Gasteiger partial charge in [0, 0.05) is 5.92 Å². The third-order valence-electron chi connectivity index (χ3n) is 5.31. The number of carboxylic acids is 1. The van der Waals surface area contributed by atoms with Crippen molar-refractivity contribution in [3.63, 3.8) is 0 Å². The van der Waals surface area contributed by atoms with Crippen molar-refractivity contribution in [3.8, 4) is 11.5 Å². The molecule has 0 heterocycles. The Bertz CT molecular complexity index is 1090. The summed E-state index contributed by atoms with van der Waals surface area (Å²) < 4.78 is 10.7. The van der Waals surface area contributed by atoms with Crippen LogP contribution in [0.15, 0.2) is 72.8 Å². The number of aromatic carboxylic acids is 1. The Labute approximate surface area is 199 Å². The molecule has 0 fully saturated rings. The monoisotopic (exact) mass is 460 g/mol. The second-order valence-electron chi connectivity index (χ2n) is 8.62. The molecule has 0 atom stereocenters. The molecule has 0 bridgehead atoms. The largest absolute Gasteiger partial charge is 0.478 e. The van der Waals surface area contributed by atoms with Gasteiger partial charge in [-0.1, -0.05) is 70.2 Å². The highest BCUT2D eigenvalue weighted by Gasteiger charge is 2.23. The first-order valence-corrected chi connectivity index (χ1v) is 11.1. The van der Waals surface area contributed by atoms with Gasteiger partial charge in [-0.25, -0.2) is 4.79 Å². The van der Waals surface area contributed by atoms with Gasteiger partial charge in [0.05, 0.1) is 17.4 Å². The maximum Gasteiger partial charge on any atom is 0.335 e. The Morgan fingerprint density at radius 3 is 1.44 bits per heavy atom. The molecule has 0 aromatic heterocycles. The molecule has 0 spiro atoms. The van der Waals surface area contributed by atoms with E-state index in [0.29, 0.717) is 17.1 Å². The van der Waals surface area contributed by atoms with Gasteiger partial charge in [-0.2, -0.15) is 0 Å². The predicted octanol–water partition coefficient (Wildman–Crippen LogP) is 5.69. The van der Waals surface area contributed by atoms with Crippen LogP contribution in [0.2, 0.25) is 0 Å². The summed E-state index contributed by atoms with van der Waals surface area (Å²) in [6.45, 7) is 7.05. The first kappa shape index (κ1) is 24.7. The van der Waals surface area contributed by atoms with Gasteiger partial charge in [0.1, 0.15) is 11.5 Å². The quantitative estimate of drug-likeness (QED) is 0.264. The summed E-state index contributed by atoms with van der Waals surface area (Å²) in [5.41, 5.74) is 2.46. The Morgan fingerprint density at radius 1 is 0.647 bits per heavy atom. The van der Waals surface area contributed by atoms with Gasteiger partial charge in [0.2, 0.25) is 0 Å². The molecular weight excluding hydrogens is 432 g/mol. The number of carboxylic acid groups (broad SMARTS) is 1. The van der Waals surface area contributed by atoms with Crippen LogP contribution in [-0.4, -0.2) is 23.0 Å². The van der Waals surface area contributed by atoms with Crippen LogP contribution >= 0.6 is 0 Å². The van der Waals surface area contributed by atoms with Crippen molar-refractivity contribution < 1.29 is 29.0 Å². The minimum Gasteiger partial charge on any atom is -0.478 e. The van der Waals surface area contributed by atoms with Crippen molar-refractivity contribution in [1.29, 1.82) is 0 Å². The number of carbonyl (C=O) groups is 3. The molecule has 6 nitrogen and oxygen atoms in total. The normalized spacial score (nSPS) is 11.0. The minimum absolute atomic E-state index is 0.193. The molecule has 176 valence electrons. The lowest BCUT2D eigenvalue weighted by atomic mass is 9.83. The minimum atomic E-state index is -1.02. The van der Waals surface area contributed by atoms with E-state index in [9.17, 15) is 19.5 Å². The van der Waals surface area contributed by atoms with E-state index in [2.05, 4.69) is 0 Å². The first-order chi connectivity index (χ1) is 16.2. The van der Waals surface area contributed by atoms with Gasteiger partial charge >= 0.3 is 17.9 Å². The topological polar surface area (TPSA) is 89.9 Å². The number of rotatable bonds is 8. The summed E-state index contributed by atoms with van der Waals surface area (Å²) in [6.07, 6.45) is 0. The zero-order valence-electron chi connectivity index (χ0n) is 19.6. The van der Waals surface area contributed by atoms with E-state index < -0.39 is 11.9 Å². The van der Waals surface area contributed by atoms with Crippen molar-refractivity contribution in [2.24, 2.45) is 11.8 Å². The number of ether oxygens (including phenoxy) is 2. The standard InChI is InChI=1S/C28H28O6/c1-17(2)27(31)33-21-13-9-19(10-14-21)25(23-7-5-6-8-24(23)26(29)30)20-11-15-22(16-12-20)34-28(32)18(3)4/h5-18,25H,1-4H3,(H,29,30). The van der Waals surface area contributed by atoms with Crippen LogP contribution in [0.25, 0.3) is 0 Å². The summed E-state index contributed by atoms with van der Waals surface area (Å²) in [7, 11) is 0. The number of hydrogen-bond acceptors (Lipinski definition) is 5. The van der Waals surface area contributed by atoms with Crippen LogP contribution in [0.4, 0.5) is 0 Å². The van der Waals surface area contributed by atoms with Gasteiger partial charge in [0.15, 0.2) is 0 Å². The van der Waals surface area contributed by atoms with Crippen molar-refractivity contribution in [2.75, 3.05) is 0 Å². The maximum absolute atomic E-state index is 12.0. The van der Waals surface area contributed by atoms with E-state index in [4.69, 9.17) is 9.47 Å². The van der Waals surface area contributed by atoms with E-state index in [1.807, 2.05) is 24.3 Å². The second-order valence-corrected chi connectivity index (χ2v) is 8.62. The Kier molecular flexibility index (Phi) is 7.84. The van der Waals surface area contributed by atoms with Crippen molar-refractivity contribution in [2.45, 2.75) is 33.6 Å². The highest BCUT2D eigenvalue weighted by molar-refractivity contribution is 5.90. The first-order valence-electron chi connectivity index (χ1n) is 11.1. The number of hydrogen-bond donors (Lipinski definition) is 1. The van der Waals surface area contributed by atoms with Gasteiger partial charge < -0.3 is 14.6 Å². The van der Waals surface area contributed by atoms with Crippen molar-refractivity contribution in [3.05, 3.63) is 95.1 Å². The summed E-state index contributed by atoms with van der Waals surface area (Å²) >= 11 is 0. The van der Waals surface area contributed by atoms with E-state index in [1.165, 1.54) is 0 Å². The zero-order chi connectivity index (χ0) is 24.8. The van der Waals surface area contributed by atoms with Gasteiger partial charge in [-0.15, -0.1) is 0 Å². The lowest BCUT2D eigenvalue weighted by Gasteiger charge is -2.21. The van der Waals surface area contributed by atoms with Crippen LogP contribution in [0.1, 0.15) is 60.7 Å². The average Bonchev–Trinajstić information content (AvgIpc) is 2.81. The fourth-order valence-electron chi connectivity index (χ4n) is 3.42. The van der Waals surface area contributed by atoms with Crippen molar-refractivity contribution in [1.82, 2.24) is 0 Å². The molecule has 0 aliphatic rings. The molecule has 34 heavy (non-hydrogen) atoms. The SMILES string of the molecule is CC(C)C(=O)Oc1ccc(C(c2ccc(OC(=O)C(C)C)cc2)c2ccccc2C(=O)O)cc1. The summed E-state index contributed by atoms with van der Waals surface area (Å²) in [5, 5.41) is 9.78. The average molecular weight is 461 g/mol. The fourth-order valence-corrected chi connectivity index (χ4v) is 3.42. The molecule has 1 N–H and O–H groups in total. The predicted molar refractivity (Wildman–Crippen MR) is 128 cm³/mol. The number of benzene rings is 3. The van der Waals surface area contributed by atoms with E-state index in [1.54, 1.807) is 76.2 Å². The zero-order valence-corrected chi connectivity index (χ0v) is 19.6. The van der Waals surface area contributed by atoms with Crippen LogP contribution in [0, 0.1) is 11.8 Å². The number of esters is 2. The Hall–Kier alpha value is -3.93. The molecule has 0 saturated carbocycles. The Balaban J connectivity index is 2.02. The molecule has 3 rings (SSSR count). The molecule has 3 aromatic carbocycles. The molecule has 0 unspecified atom stereocenters. The van der Waals surface area contributed by atoms with Gasteiger partial charge in [-0.05, 0) is 47.0 Å². The number of carbonyl (C=O) groups excluding carboxylic acids is 2.